The lowest BCUT2D eigenvalue weighted by Gasteiger charge is -2.16. The van der Waals surface area contributed by atoms with E-state index in [9.17, 15) is 31.1 Å². The van der Waals surface area contributed by atoms with Crippen molar-refractivity contribution in [1.29, 1.82) is 0 Å². The molecule has 0 saturated carbocycles. The number of alkyl halides is 6. The normalized spacial score (nSPS) is 12.2. The molecule has 1 amide bonds. The van der Waals surface area contributed by atoms with Crippen molar-refractivity contribution in [2.45, 2.75) is 12.4 Å². The van der Waals surface area contributed by atoms with Gasteiger partial charge in [-0.2, -0.15) is 31.4 Å². The number of nitrogens with zero attached hydrogens (tertiary/aromatic N) is 4. The molecule has 0 bridgehead atoms. The molecule has 0 aliphatic rings. The molecular weight excluding hydrogens is 466 g/mol. The summed E-state index contributed by atoms with van der Waals surface area (Å²) in [5.74, 6) is -0.378. The summed E-state index contributed by atoms with van der Waals surface area (Å²) in [5, 5.41) is 2.43. The summed E-state index contributed by atoms with van der Waals surface area (Å²) < 4.78 is 80.1. The zero-order valence-corrected chi connectivity index (χ0v) is 16.3. The van der Waals surface area contributed by atoms with Crippen molar-refractivity contribution in [3.63, 3.8) is 0 Å². The molecule has 3 rings (SSSR count). The SMILES string of the molecule is O=C(/C=C\n1ccc(-c2cc(C(F)(F)F)c(Cl)c(C(F)(F)F)c2)n1)NNc1cnccn1. The number of halogens is 7. The van der Waals surface area contributed by atoms with Crippen molar-refractivity contribution in [3.05, 3.63) is 65.2 Å². The van der Waals surface area contributed by atoms with E-state index in [2.05, 4.69) is 25.9 Å². The third-order valence-corrected chi connectivity index (χ3v) is 4.25. The van der Waals surface area contributed by atoms with Crippen LogP contribution in [0.25, 0.3) is 17.5 Å². The zero-order valence-electron chi connectivity index (χ0n) is 15.5. The summed E-state index contributed by atoms with van der Waals surface area (Å²) in [7, 11) is 0. The highest BCUT2D eigenvalue weighted by Gasteiger charge is 2.41. The molecule has 2 N–H and O–H groups in total. The number of anilines is 1. The minimum absolute atomic E-state index is 0.194. The average Bonchev–Trinajstić information content (AvgIpc) is 3.19. The zero-order chi connectivity index (χ0) is 23.5. The van der Waals surface area contributed by atoms with Crippen LogP contribution in [-0.2, 0) is 17.1 Å². The molecule has 2 heterocycles. The molecular formula is C18H11ClF6N6O. The van der Waals surface area contributed by atoms with E-state index in [1.54, 1.807) is 0 Å². The van der Waals surface area contributed by atoms with Crippen LogP contribution in [0.4, 0.5) is 32.2 Å². The number of hydrazine groups is 1. The molecule has 0 unspecified atom stereocenters. The average molecular weight is 477 g/mol. The van der Waals surface area contributed by atoms with Crippen LogP contribution in [0, 0.1) is 0 Å². The third kappa shape index (κ3) is 5.55. The van der Waals surface area contributed by atoms with Crippen LogP contribution in [0.2, 0.25) is 5.02 Å². The van der Waals surface area contributed by atoms with E-state index >= 15 is 0 Å². The van der Waals surface area contributed by atoms with Crippen molar-refractivity contribution in [2.24, 2.45) is 0 Å². The number of hydrogen-bond acceptors (Lipinski definition) is 5. The highest BCUT2D eigenvalue weighted by Crippen LogP contribution is 2.44. The summed E-state index contributed by atoms with van der Waals surface area (Å²) in [6.45, 7) is 0. The van der Waals surface area contributed by atoms with Crippen LogP contribution in [-0.4, -0.2) is 25.7 Å². The second kappa shape index (κ2) is 8.86. The molecule has 3 aromatic rings. The smallest absolute Gasteiger partial charge is 0.280 e. The molecule has 0 aliphatic carbocycles. The third-order valence-electron chi connectivity index (χ3n) is 3.84. The first-order chi connectivity index (χ1) is 14.9. The first-order valence-corrected chi connectivity index (χ1v) is 8.86. The molecule has 1 aromatic carbocycles. The largest absolute Gasteiger partial charge is 0.417 e. The molecule has 0 saturated heterocycles. The molecule has 32 heavy (non-hydrogen) atoms. The van der Waals surface area contributed by atoms with Crippen LogP contribution < -0.4 is 10.9 Å². The Morgan fingerprint density at radius 1 is 1.06 bits per heavy atom. The van der Waals surface area contributed by atoms with Crippen molar-refractivity contribution < 1.29 is 31.1 Å². The molecule has 168 valence electrons. The number of carbonyl (C=O) groups excluding carboxylic acids is 1. The summed E-state index contributed by atoms with van der Waals surface area (Å²) in [5.41, 5.74) is 0.842. The lowest BCUT2D eigenvalue weighted by molar-refractivity contribution is -0.142. The molecule has 0 atom stereocenters. The predicted octanol–water partition coefficient (Wildman–Crippen LogP) is 4.65. The summed E-state index contributed by atoms with van der Waals surface area (Å²) >= 11 is 5.37. The molecule has 14 heteroatoms. The Hall–Kier alpha value is -3.61. The van der Waals surface area contributed by atoms with Crippen LogP contribution in [0.1, 0.15) is 11.1 Å². The Balaban J connectivity index is 1.81. The van der Waals surface area contributed by atoms with Crippen LogP contribution in [0.5, 0.6) is 0 Å². The van der Waals surface area contributed by atoms with E-state index in [0.717, 1.165) is 17.0 Å². The Bertz CT molecular complexity index is 1110. The van der Waals surface area contributed by atoms with Crippen molar-refractivity contribution in [3.8, 4) is 11.3 Å². The Kier molecular flexibility index (Phi) is 6.39. The topological polar surface area (TPSA) is 84.7 Å². The summed E-state index contributed by atoms with van der Waals surface area (Å²) in [4.78, 5) is 19.4. The number of amides is 1. The Labute approximate surface area is 180 Å². The lowest BCUT2D eigenvalue weighted by Crippen LogP contribution is -2.28. The second-order valence-corrected chi connectivity index (χ2v) is 6.46. The molecule has 2 aromatic heterocycles. The quantitative estimate of drug-likeness (QED) is 0.318. The maximum Gasteiger partial charge on any atom is 0.417 e. The highest BCUT2D eigenvalue weighted by molar-refractivity contribution is 6.32. The van der Waals surface area contributed by atoms with Crippen molar-refractivity contribution in [1.82, 2.24) is 25.2 Å². The van der Waals surface area contributed by atoms with Gasteiger partial charge in [0, 0.05) is 36.4 Å². The fourth-order valence-electron chi connectivity index (χ4n) is 2.43. The van der Waals surface area contributed by atoms with Gasteiger partial charge in [0.25, 0.3) is 5.91 Å². The van der Waals surface area contributed by atoms with Gasteiger partial charge >= 0.3 is 12.4 Å². The standard InChI is InChI=1S/C18H11ClF6N6O/c19-16-11(17(20,21)22)7-10(8-12(16)18(23,24)25)13-1-5-31(30-13)6-2-15(32)29-28-14-9-26-3-4-27-14/h1-9H,(H,27,28)(H,29,32)/b6-2-. The maximum absolute atomic E-state index is 13.2. The van der Waals surface area contributed by atoms with Gasteiger partial charge in [-0.15, -0.1) is 0 Å². The molecule has 7 nitrogen and oxygen atoms in total. The number of rotatable bonds is 5. The van der Waals surface area contributed by atoms with E-state index in [0.29, 0.717) is 12.1 Å². The van der Waals surface area contributed by atoms with E-state index in [4.69, 9.17) is 11.6 Å². The van der Waals surface area contributed by atoms with E-state index in [1.807, 2.05) is 0 Å². The number of benzene rings is 1. The number of carbonyl (C=O) groups is 1. The Morgan fingerprint density at radius 3 is 2.28 bits per heavy atom. The van der Waals surface area contributed by atoms with Crippen molar-refractivity contribution in [2.75, 3.05) is 5.43 Å². The molecule has 0 radical (unpaired) electrons. The summed E-state index contributed by atoms with van der Waals surface area (Å²) in [6.07, 6.45) is -2.65. The van der Waals surface area contributed by atoms with Gasteiger partial charge in [0.1, 0.15) is 0 Å². The minimum Gasteiger partial charge on any atom is -0.280 e. The van der Waals surface area contributed by atoms with Gasteiger partial charge in [0.2, 0.25) is 0 Å². The van der Waals surface area contributed by atoms with Crippen molar-refractivity contribution >= 4 is 29.5 Å². The number of hydrogen-bond donors (Lipinski definition) is 2. The lowest BCUT2D eigenvalue weighted by atomic mass is 10.0. The van der Waals surface area contributed by atoms with Crippen LogP contribution in [0.3, 0.4) is 0 Å². The van der Waals surface area contributed by atoms with E-state index < -0.39 is 40.0 Å². The molecule has 0 aliphatic heterocycles. The van der Waals surface area contributed by atoms with E-state index in [-0.39, 0.29) is 11.5 Å². The monoisotopic (exact) mass is 476 g/mol. The second-order valence-electron chi connectivity index (χ2n) is 6.08. The Morgan fingerprint density at radius 2 is 1.72 bits per heavy atom. The van der Waals surface area contributed by atoms with Gasteiger partial charge < -0.3 is 0 Å². The van der Waals surface area contributed by atoms with Gasteiger partial charge in [-0.3, -0.25) is 20.6 Å². The number of aromatic nitrogens is 4. The van der Waals surface area contributed by atoms with E-state index in [1.165, 1.54) is 30.9 Å². The van der Waals surface area contributed by atoms with Gasteiger partial charge in [0.05, 0.1) is 28.0 Å². The predicted molar refractivity (Wildman–Crippen MR) is 102 cm³/mol. The van der Waals surface area contributed by atoms with Crippen LogP contribution in [0.15, 0.2) is 49.1 Å². The highest BCUT2D eigenvalue weighted by atomic mass is 35.5. The van der Waals surface area contributed by atoms with Gasteiger partial charge in [-0.1, -0.05) is 11.6 Å². The van der Waals surface area contributed by atoms with Gasteiger partial charge in [-0.25, -0.2) is 9.67 Å². The van der Waals surface area contributed by atoms with Gasteiger partial charge in [-0.05, 0) is 18.2 Å². The fourth-order valence-corrected chi connectivity index (χ4v) is 2.76. The summed E-state index contributed by atoms with van der Waals surface area (Å²) in [6, 6.07) is 2.14. The fraction of sp³-hybridized carbons (Fsp3) is 0.111. The maximum atomic E-state index is 13.2. The first-order valence-electron chi connectivity index (χ1n) is 8.49. The number of nitrogens with one attached hydrogen (secondary N) is 2. The van der Waals surface area contributed by atoms with Crippen LogP contribution >= 0.6 is 11.6 Å². The molecule has 0 fully saturated rings. The first kappa shape index (κ1) is 23.1. The molecule has 0 spiro atoms. The van der Waals surface area contributed by atoms with Gasteiger partial charge in [0.15, 0.2) is 5.82 Å². The minimum atomic E-state index is -5.11.